The van der Waals surface area contributed by atoms with Crippen LogP contribution in [0.5, 0.6) is 0 Å². The molecule has 1 amide bonds. The highest BCUT2D eigenvalue weighted by Gasteiger charge is 1.98. The molecule has 1 rings (SSSR count). The van der Waals surface area contributed by atoms with Crippen LogP contribution in [0.15, 0.2) is 28.7 Å². The lowest BCUT2D eigenvalue weighted by molar-refractivity contribution is -0.113. The van der Waals surface area contributed by atoms with Crippen LogP contribution in [0.3, 0.4) is 0 Å². The van der Waals surface area contributed by atoms with Gasteiger partial charge < -0.3 is 5.73 Å². The maximum atomic E-state index is 13.0. The van der Waals surface area contributed by atoms with E-state index in [0.717, 1.165) is 10.5 Å². The largest absolute Gasteiger partial charge is 0.366 e. The summed E-state index contributed by atoms with van der Waals surface area (Å²) in [6.45, 7) is 0. The first-order chi connectivity index (χ1) is 6.09. The van der Waals surface area contributed by atoms with Crippen LogP contribution < -0.4 is 5.73 Å². The summed E-state index contributed by atoms with van der Waals surface area (Å²) in [5.74, 6) is -0.986. The third kappa shape index (κ3) is 2.99. The van der Waals surface area contributed by atoms with E-state index in [0.29, 0.717) is 5.56 Å². The van der Waals surface area contributed by atoms with Crippen LogP contribution in [0, 0.1) is 5.82 Å². The standard InChI is InChI=1S/C9H7BrFNO/c10-7-2-3-8(11)6(5-7)1-4-9(12)13/h1-5H,(H2,12,13)/b4-1-. The van der Waals surface area contributed by atoms with Crippen molar-refractivity contribution in [1.29, 1.82) is 0 Å². The topological polar surface area (TPSA) is 43.1 Å². The number of carbonyl (C=O) groups excluding carboxylic acids is 1. The van der Waals surface area contributed by atoms with Crippen LogP contribution in [0.1, 0.15) is 5.56 Å². The van der Waals surface area contributed by atoms with E-state index in [9.17, 15) is 9.18 Å². The second-order valence-corrected chi connectivity index (χ2v) is 3.32. The molecule has 0 atom stereocenters. The first-order valence-electron chi connectivity index (χ1n) is 3.52. The van der Waals surface area contributed by atoms with Crippen LogP contribution in [0.2, 0.25) is 0 Å². The van der Waals surface area contributed by atoms with E-state index in [1.807, 2.05) is 0 Å². The molecule has 0 saturated carbocycles. The minimum absolute atomic E-state index is 0.327. The number of hydrogen-bond donors (Lipinski definition) is 1. The Morgan fingerprint density at radius 1 is 1.54 bits per heavy atom. The van der Waals surface area contributed by atoms with E-state index in [1.54, 1.807) is 12.1 Å². The molecule has 0 bridgehead atoms. The Morgan fingerprint density at radius 3 is 2.85 bits per heavy atom. The summed E-state index contributed by atoms with van der Waals surface area (Å²) < 4.78 is 13.7. The van der Waals surface area contributed by atoms with Crippen molar-refractivity contribution in [3.05, 3.63) is 40.1 Å². The Hall–Kier alpha value is -1.16. The Labute approximate surface area is 83.4 Å². The Balaban J connectivity index is 3.00. The van der Waals surface area contributed by atoms with Gasteiger partial charge in [0.25, 0.3) is 0 Å². The zero-order chi connectivity index (χ0) is 9.84. The van der Waals surface area contributed by atoms with Gasteiger partial charge in [0.1, 0.15) is 5.82 Å². The molecule has 0 heterocycles. The van der Waals surface area contributed by atoms with Crippen molar-refractivity contribution in [2.45, 2.75) is 0 Å². The first-order valence-corrected chi connectivity index (χ1v) is 4.31. The molecule has 0 aliphatic carbocycles. The smallest absolute Gasteiger partial charge is 0.241 e. The second-order valence-electron chi connectivity index (χ2n) is 2.40. The minimum atomic E-state index is -0.598. The van der Waals surface area contributed by atoms with Gasteiger partial charge in [-0.3, -0.25) is 4.79 Å². The molecule has 13 heavy (non-hydrogen) atoms. The van der Waals surface area contributed by atoms with Gasteiger partial charge >= 0.3 is 0 Å². The van der Waals surface area contributed by atoms with Gasteiger partial charge in [0, 0.05) is 16.1 Å². The molecular weight excluding hydrogens is 237 g/mol. The maximum Gasteiger partial charge on any atom is 0.241 e. The van der Waals surface area contributed by atoms with E-state index < -0.39 is 5.91 Å². The molecule has 1 aromatic carbocycles. The lowest BCUT2D eigenvalue weighted by Crippen LogP contribution is -2.05. The lowest BCUT2D eigenvalue weighted by Gasteiger charge is -1.96. The van der Waals surface area contributed by atoms with Crippen molar-refractivity contribution < 1.29 is 9.18 Å². The molecule has 2 nitrogen and oxygen atoms in total. The molecule has 0 aromatic heterocycles. The van der Waals surface area contributed by atoms with Crippen molar-refractivity contribution in [3.63, 3.8) is 0 Å². The highest BCUT2D eigenvalue weighted by molar-refractivity contribution is 9.10. The van der Waals surface area contributed by atoms with Gasteiger partial charge in [-0.2, -0.15) is 0 Å². The van der Waals surface area contributed by atoms with Crippen LogP contribution in [0.4, 0.5) is 4.39 Å². The monoisotopic (exact) mass is 243 g/mol. The fourth-order valence-corrected chi connectivity index (χ4v) is 1.19. The van der Waals surface area contributed by atoms with Crippen molar-refractivity contribution >= 4 is 27.9 Å². The summed E-state index contributed by atoms with van der Waals surface area (Å²) in [5, 5.41) is 0. The number of primary amides is 1. The molecule has 68 valence electrons. The first kappa shape index (κ1) is 9.92. The summed E-state index contributed by atoms with van der Waals surface area (Å²) in [6.07, 6.45) is 2.45. The predicted octanol–water partition coefficient (Wildman–Crippen LogP) is 2.09. The summed E-state index contributed by atoms with van der Waals surface area (Å²) in [4.78, 5) is 10.4. The van der Waals surface area contributed by atoms with E-state index in [4.69, 9.17) is 5.73 Å². The molecule has 0 unspecified atom stereocenters. The van der Waals surface area contributed by atoms with Gasteiger partial charge in [-0.05, 0) is 24.3 Å². The number of carbonyl (C=O) groups is 1. The zero-order valence-electron chi connectivity index (χ0n) is 6.63. The third-order valence-corrected chi connectivity index (χ3v) is 1.88. The molecule has 0 aliphatic rings. The van der Waals surface area contributed by atoms with Gasteiger partial charge in [-0.15, -0.1) is 0 Å². The number of hydrogen-bond acceptors (Lipinski definition) is 1. The van der Waals surface area contributed by atoms with Crippen LogP contribution in [0.25, 0.3) is 6.08 Å². The Morgan fingerprint density at radius 2 is 2.23 bits per heavy atom. The molecule has 0 fully saturated rings. The number of nitrogens with two attached hydrogens (primary N) is 1. The van der Waals surface area contributed by atoms with Gasteiger partial charge in [0.2, 0.25) is 5.91 Å². The fraction of sp³-hybridized carbons (Fsp3) is 0. The van der Waals surface area contributed by atoms with E-state index >= 15 is 0 Å². The quantitative estimate of drug-likeness (QED) is 0.795. The SMILES string of the molecule is NC(=O)/C=C\c1cc(Br)ccc1F. The van der Waals surface area contributed by atoms with Crippen molar-refractivity contribution in [1.82, 2.24) is 0 Å². The number of rotatable bonds is 2. The molecule has 0 radical (unpaired) electrons. The molecule has 2 N–H and O–H groups in total. The fourth-order valence-electron chi connectivity index (χ4n) is 0.814. The average molecular weight is 244 g/mol. The van der Waals surface area contributed by atoms with Crippen molar-refractivity contribution in [3.8, 4) is 0 Å². The van der Waals surface area contributed by atoms with E-state index in [1.165, 1.54) is 12.1 Å². The normalized spacial score (nSPS) is 10.6. The number of halogens is 2. The highest BCUT2D eigenvalue weighted by atomic mass is 79.9. The molecule has 4 heteroatoms. The van der Waals surface area contributed by atoms with Crippen molar-refractivity contribution in [2.75, 3.05) is 0 Å². The van der Waals surface area contributed by atoms with Crippen molar-refractivity contribution in [2.24, 2.45) is 5.73 Å². The summed E-state index contributed by atoms with van der Waals surface area (Å²) in [6, 6.07) is 4.45. The van der Waals surface area contributed by atoms with E-state index in [-0.39, 0.29) is 5.82 Å². The molecular formula is C9H7BrFNO. The minimum Gasteiger partial charge on any atom is -0.366 e. The molecule has 1 aromatic rings. The van der Waals surface area contributed by atoms with E-state index in [2.05, 4.69) is 15.9 Å². The maximum absolute atomic E-state index is 13.0. The zero-order valence-corrected chi connectivity index (χ0v) is 8.21. The Kier molecular flexibility index (Phi) is 3.19. The van der Waals surface area contributed by atoms with Gasteiger partial charge in [-0.25, -0.2) is 4.39 Å². The molecule has 0 saturated heterocycles. The lowest BCUT2D eigenvalue weighted by atomic mass is 10.2. The molecule has 0 spiro atoms. The number of amides is 1. The van der Waals surface area contributed by atoms with Gasteiger partial charge in [0.15, 0.2) is 0 Å². The second kappa shape index (κ2) is 4.18. The summed E-state index contributed by atoms with van der Waals surface area (Å²) in [5.41, 5.74) is 5.20. The highest BCUT2D eigenvalue weighted by Crippen LogP contribution is 2.16. The van der Waals surface area contributed by atoms with Gasteiger partial charge in [0.05, 0.1) is 0 Å². The number of benzene rings is 1. The van der Waals surface area contributed by atoms with Crippen LogP contribution >= 0.6 is 15.9 Å². The Bertz CT molecular complexity index is 363. The van der Waals surface area contributed by atoms with Gasteiger partial charge in [-0.1, -0.05) is 15.9 Å². The van der Waals surface area contributed by atoms with Crippen LogP contribution in [-0.4, -0.2) is 5.91 Å². The van der Waals surface area contributed by atoms with Crippen LogP contribution in [-0.2, 0) is 4.79 Å². The molecule has 0 aliphatic heterocycles. The summed E-state index contributed by atoms with van der Waals surface area (Å²) in [7, 11) is 0. The average Bonchev–Trinajstić information content (AvgIpc) is 2.06. The third-order valence-electron chi connectivity index (χ3n) is 1.39. The predicted molar refractivity (Wildman–Crippen MR) is 52.3 cm³/mol. The summed E-state index contributed by atoms with van der Waals surface area (Å²) >= 11 is 3.19.